The van der Waals surface area contributed by atoms with Crippen LogP contribution in [0.15, 0.2) is 74.5 Å². The van der Waals surface area contributed by atoms with E-state index in [9.17, 15) is 4.79 Å². The molecule has 2 N–H and O–H groups in total. The van der Waals surface area contributed by atoms with Gasteiger partial charge in [-0.2, -0.15) is 0 Å². The van der Waals surface area contributed by atoms with Gasteiger partial charge in [-0.25, -0.2) is 0 Å². The maximum absolute atomic E-state index is 12.5. The third kappa shape index (κ3) is 6.35. The van der Waals surface area contributed by atoms with Crippen LogP contribution >= 0.6 is 55.2 Å². The van der Waals surface area contributed by atoms with Gasteiger partial charge in [-0.15, -0.1) is 0 Å². The topological polar surface area (TPSA) is 50.4 Å². The zero-order chi connectivity index (χ0) is 23.4. The summed E-state index contributed by atoms with van der Waals surface area (Å²) in [5.74, 6) is 0.601. The van der Waals surface area contributed by atoms with Crippen LogP contribution in [-0.2, 0) is 17.8 Å². The van der Waals surface area contributed by atoms with E-state index in [4.69, 9.17) is 16.3 Å². The lowest BCUT2D eigenvalue weighted by Crippen LogP contribution is -2.30. The third-order valence-electron chi connectivity index (χ3n) is 5.01. The quantitative estimate of drug-likeness (QED) is 0.271. The van der Waals surface area contributed by atoms with Crippen molar-refractivity contribution < 1.29 is 9.53 Å². The Bertz CT molecular complexity index is 1160. The zero-order valence-electron chi connectivity index (χ0n) is 17.7. The van der Waals surface area contributed by atoms with E-state index in [0.29, 0.717) is 22.3 Å². The summed E-state index contributed by atoms with van der Waals surface area (Å²) in [6, 6.07) is 19.7. The van der Waals surface area contributed by atoms with Gasteiger partial charge in [0.05, 0.1) is 13.9 Å². The molecule has 0 radical (unpaired) electrons. The van der Waals surface area contributed by atoms with Gasteiger partial charge in [0, 0.05) is 10.7 Å². The summed E-state index contributed by atoms with van der Waals surface area (Å²) in [5, 5.41) is 7.01. The fourth-order valence-corrected chi connectivity index (χ4v) is 5.80. The lowest BCUT2D eigenvalue weighted by Gasteiger charge is -2.13. The molecule has 1 heterocycles. The molecular weight excluding hydrogens is 588 g/mol. The monoisotopic (exact) mass is 606 g/mol. The van der Waals surface area contributed by atoms with Crippen molar-refractivity contribution in [2.45, 2.75) is 25.4 Å². The van der Waals surface area contributed by atoms with Crippen LogP contribution in [0, 0.1) is 0 Å². The highest BCUT2D eigenvalue weighted by Crippen LogP contribution is 2.37. The normalized spacial score (nSPS) is 16.7. The summed E-state index contributed by atoms with van der Waals surface area (Å²) < 4.78 is 7.58. The Kier molecular flexibility index (Phi) is 8.07. The predicted molar refractivity (Wildman–Crippen MR) is 145 cm³/mol. The first kappa shape index (κ1) is 24.2. The van der Waals surface area contributed by atoms with Gasteiger partial charge in [-0.3, -0.25) is 4.79 Å². The highest BCUT2D eigenvalue weighted by atomic mass is 79.9. The predicted octanol–water partition coefficient (Wildman–Crippen LogP) is 7.61. The molecule has 8 heteroatoms. The summed E-state index contributed by atoms with van der Waals surface area (Å²) in [7, 11) is 0. The standard InChI is InChI=1S/C25H21Br2ClN2O2S/c1-2-15-5-9-19(10-6-15)29-25-30-24(31)22(33-25)13-17-11-20(26)23(21(27)12-17)32-14-16-3-7-18(28)8-4-16/h3-13,25,29H,2,14H2,1H3,(H,30,31)/b22-13-/t25-/m1/s1. The number of aryl methyl sites for hydroxylation is 1. The molecular formula is C25H21Br2ClN2O2S. The maximum atomic E-state index is 12.5. The Morgan fingerprint density at radius 2 is 1.70 bits per heavy atom. The molecule has 0 aliphatic carbocycles. The second kappa shape index (κ2) is 11.0. The number of hydrogen-bond donors (Lipinski definition) is 2. The van der Waals surface area contributed by atoms with Crippen LogP contribution in [0.1, 0.15) is 23.6 Å². The molecule has 3 aromatic rings. The highest BCUT2D eigenvalue weighted by molar-refractivity contribution is 9.11. The van der Waals surface area contributed by atoms with Crippen LogP contribution in [0.2, 0.25) is 5.02 Å². The SMILES string of the molecule is CCc1ccc(N[C@@H]2NC(=O)/C(=C/c3cc(Br)c(OCc4ccc(Cl)cc4)c(Br)c3)S2)cc1. The van der Waals surface area contributed by atoms with Gasteiger partial charge >= 0.3 is 0 Å². The minimum atomic E-state index is -0.218. The van der Waals surface area contributed by atoms with Crippen molar-refractivity contribution in [3.8, 4) is 5.75 Å². The molecule has 3 aromatic carbocycles. The number of anilines is 1. The Balaban J connectivity index is 1.43. The molecule has 1 saturated heterocycles. The summed E-state index contributed by atoms with van der Waals surface area (Å²) in [6.45, 7) is 2.54. The number of thioether (sulfide) groups is 1. The molecule has 0 spiro atoms. The van der Waals surface area contributed by atoms with Gasteiger partial charge < -0.3 is 15.4 Å². The van der Waals surface area contributed by atoms with Gasteiger partial charge in [0.2, 0.25) is 0 Å². The van der Waals surface area contributed by atoms with E-state index >= 15 is 0 Å². The Labute approximate surface area is 219 Å². The fraction of sp³-hybridized carbons (Fsp3) is 0.160. The maximum Gasteiger partial charge on any atom is 0.260 e. The molecule has 33 heavy (non-hydrogen) atoms. The molecule has 1 aliphatic heterocycles. The van der Waals surface area contributed by atoms with Crippen molar-refractivity contribution in [1.29, 1.82) is 0 Å². The highest BCUT2D eigenvalue weighted by Gasteiger charge is 2.27. The van der Waals surface area contributed by atoms with Crippen LogP contribution in [0.4, 0.5) is 5.69 Å². The molecule has 1 atom stereocenters. The van der Waals surface area contributed by atoms with Crippen molar-refractivity contribution in [2.24, 2.45) is 0 Å². The van der Waals surface area contributed by atoms with Crippen molar-refractivity contribution in [2.75, 3.05) is 5.32 Å². The van der Waals surface area contributed by atoms with E-state index < -0.39 is 0 Å². The van der Waals surface area contributed by atoms with E-state index in [1.54, 1.807) is 0 Å². The molecule has 4 rings (SSSR count). The van der Waals surface area contributed by atoms with Gasteiger partial charge in [-0.05, 0) is 97.4 Å². The minimum absolute atomic E-state index is 0.0991. The molecule has 0 aromatic heterocycles. The Morgan fingerprint density at radius 3 is 2.33 bits per heavy atom. The number of halogens is 3. The lowest BCUT2D eigenvalue weighted by atomic mass is 10.1. The number of rotatable bonds is 7. The Morgan fingerprint density at radius 1 is 1.06 bits per heavy atom. The summed E-state index contributed by atoms with van der Waals surface area (Å²) in [6.07, 6.45) is 2.87. The number of ether oxygens (including phenoxy) is 1. The molecule has 0 unspecified atom stereocenters. The van der Waals surface area contributed by atoms with E-state index in [2.05, 4.69) is 61.5 Å². The van der Waals surface area contributed by atoms with Gasteiger partial charge in [0.1, 0.15) is 12.4 Å². The lowest BCUT2D eigenvalue weighted by molar-refractivity contribution is -0.116. The van der Waals surface area contributed by atoms with Crippen LogP contribution in [0.3, 0.4) is 0 Å². The number of carbonyl (C=O) groups excluding carboxylic acids is 1. The van der Waals surface area contributed by atoms with Crippen LogP contribution in [-0.4, -0.2) is 11.4 Å². The van der Waals surface area contributed by atoms with Crippen LogP contribution in [0.25, 0.3) is 6.08 Å². The largest absolute Gasteiger partial charge is 0.487 e. The second-order valence-corrected chi connectivity index (χ2v) is 10.7. The first-order valence-corrected chi connectivity index (χ1v) is 13.2. The molecule has 4 nitrogen and oxygen atoms in total. The van der Waals surface area contributed by atoms with Crippen molar-refractivity contribution >= 4 is 72.9 Å². The molecule has 0 saturated carbocycles. The van der Waals surface area contributed by atoms with Crippen molar-refractivity contribution in [3.05, 3.63) is 96.2 Å². The minimum Gasteiger partial charge on any atom is -0.487 e. The average molecular weight is 609 g/mol. The first-order valence-electron chi connectivity index (χ1n) is 10.3. The second-order valence-electron chi connectivity index (χ2n) is 7.40. The number of hydrogen-bond acceptors (Lipinski definition) is 4. The number of benzene rings is 3. The van der Waals surface area contributed by atoms with E-state index in [-0.39, 0.29) is 11.4 Å². The van der Waals surface area contributed by atoms with E-state index in [1.165, 1.54) is 17.3 Å². The number of amides is 1. The molecule has 170 valence electrons. The van der Waals surface area contributed by atoms with Crippen molar-refractivity contribution in [3.63, 3.8) is 0 Å². The van der Waals surface area contributed by atoms with Gasteiger partial charge in [0.25, 0.3) is 5.91 Å². The molecule has 1 aliphatic rings. The number of nitrogens with one attached hydrogen (secondary N) is 2. The third-order valence-corrected chi connectivity index (χ3v) is 7.46. The molecule has 1 fully saturated rings. The Hall–Kier alpha value is -1.93. The number of carbonyl (C=O) groups is 1. The first-order chi connectivity index (χ1) is 15.9. The van der Waals surface area contributed by atoms with Gasteiger partial charge in [0.15, 0.2) is 5.50 Å². The van der Waals surface area contributed by atoms with E-state index in [1.807, 2.05) is 54.6 Å². The summed E-state index contributed by atoms with van der Waals surface area (Å²) in [5.41, 5.74) is 3.94. The van der Waals surface area contributed by atoms with Crippen LogP contribution < -0.4 is 15.4 Å². The molecule has 0 bridgehead atoms. The van der Waals surface area contributed by atoms with E-state index in [0.717, 1.165) is 32.2 Å². The average Bonchev–Trinajstić information content (AvgIpc) is 3.13. The van der Waals surface area contributed by atoms with Crippen molar-refractivity contribution in [1.82, 2.24) is 5.32 Å². The molecule has 1 amide bonds. The summed E-state index contributed by atoms with van der Waals surface area (Å²) in [4.78, 5) is 13.1. The van der Waals surface area contributed by atoms with Crippen LogP contribution in [0.5, 0.6) is 5.75 Å². The zero-order valence-corrected chi connectivity index (χ0v) is 22.4. The fourth-order valence-electron chi connectivity index (χ4n) is 3.24. The smallest absolute Gasteiger partial charge is 0.260 e. The van der Waals surface area contributed by atoms with Gasteiger partial charge in [-0.1, -0.05) is 54.6 Å². The summed E-state index contributed by atoms with van der Waals surface area (Å²) >= 11 is 14.6.